The second-order valence-corrected chi connectivity index (χ2v) is 6.56. The third kappa shape index (κ3) is 3.25. The van der Waals surface area contributed by atoms with Crippen molar-refractivity contribution in [2.24, 2.45) is 5.73 Å². The summed E-state index contributed by atoms with van der Waals surface area (Å²) in [6, 6.07) is 0.0866. The Morgan fingerprint density at radius 3 is 2.54 bits per heavy atom. The predicted octanol–water partition coefficient (Wildman–Crippen LogP) is -0.500. The third-order valence-corrected chi connectivity index (χ3v) is 4.11. The maximum atomic E-state index is 11.1. The summed E-state index contributed by atoms with van der Waals surface area (Å²) in [7, 11) is -2.78. The number of sulfone groups is 1. The van der Waals surface area contributed by atoms with Crippen LogP contribution in [0.5, 0.6) is 0 Å². The monoisotopic (exact) mass is 206 g/mol. The predicted molar refractivity (Wildman–Crippen MR) is 53.3 cm³/mol. The molecule has 0 aromatic rings. The van der Waals surface area contributed by atoms with E-state index < -0.39 is 9.84 Å². The molecule has 5 heteroatoms. The zero-order valence-corrected chi connectivity index (χ0v) is 9.02. The van der Waals surface area contributed by atoms with E-state index in [0.29, 0.717) is 18.7 Å². The first-order chi connectivity index (χ1) is 5.85. The van der Waals surface area contributed by atoms with Crippen LogP contribution in [0.4, 0.5) is 0 Å². The number of hydrogen-bond acceptors (Lipinski definition) is 4. The first kappa shape index (κ1) is 10.9. The SMILES string of the molecule is CC(C)(CN)NC1CCS(=O)(=O)C1. The molecule has 78 valence electrons. The smallest absolute Gasteiger partial charge is 0.151 e. The van der Waals surface area contributed by atoms with Crippen LogP contribution in [0.3, 0.4) is 0 Å². The highest BCUT2D eigenvalue weighted by molar-refractivity contribution is 7.91. The van der Waals surface area contributed by atoms with Crippen molar-refractivity contribution in [3.8, 4) is 0 Å². The molecule has 13 heavy (non-hydrogen) atoms. The maximum absolute atomic E-state index is 11.1. The molecule has 0 spiro atoms. The van der Waals surface area contributed by atoms with Gasteiger partial charge in [0.1, 0.15) is 0 Å². The molecule has 1 heterocycles. The highest BCUT2D eigenvalue weighted by Gasteiger charge is 2.31. The Morgan fingerprint density at radius 2 is 2.15 bits per heavy atom. The van der Waals surface area contributed by atoms with Crippen molar-refractivity contribution >= 4 is 9.84 Å². The third-order valence-electron chi connectivity index (χ3n) is 2.34. The molecule has 4 nitrogen and oxygen atoms in total. The molecule has 0 radical (unpaired) electrons. The van der Waals surface area contributed by atoms with Crippen LogP contribution in [0.2, 0.25) is 0 Å². The average Bonchev–Trinajstić information content (AvgIpc) is 2.29. The standard InChI is InChI=1S/C8H18N2O2S/c1-8(2,6-9)10-7-3-4-13(11,12)5-7/h7,10H,3-6,9H2,1-2H3. The fraction of sp³-hybridized carbons (Fsp3) is 1.00. The molecule has 1 unspecified atom stereocenters. The highest BCUT2D eigenvalue weighted by atomic mass is 32.2. The van der Waals surface area contributed by atoms with Crippen LogP contribution in [-0.2, 0) is 9.84 Å². The summed E-state index contributed by atoms with van der Waals surface area (Å²) in [6.45, 7) is 4.49. The first-order valence-electron chi connectivity index (χ1n) is 4.53. The summed E-state index contributed by atoms with van der Waals surface area (Å²) in [5, 5.41) is 3.26. The van der Waals surface area contributed by atoms with Crippen LogP contribution in [0.15, 0.2) is 0 Å². The van der Waals surface area contributed by atoms with Crippen LogP contribution < -0.4 is 11.1 Å². The lowest BCUT2D eigenvalue weighted by Gasteiger charge is -2.27. The van der Waals surface area contributed by atoms with E-state index in [1.165, 1.54) is 0 Å². The topological polar surface area (TPSA) is 72.2 Å². The molecule has 0 bridgehead atoms. The van der Waals surface area contributed by atoms with Crippen LogP contribution in [0, 0.1) is 0 Å². The minimum absolute atomic E-state index is 0.0866. The Morgan fingerprint density at radius 1 is 1.54 bits per heavy atom. The van der Waals surface area contributed by atoms with Gasteiger partial charge in [-0.3, -0.25) is 0 Å². The van der Waals surface area contributed by atoms with Crippen LogP contribution in [-0.4, -0.2) is 38.0 Å². The summed E-state index contributed by atoms with van der Waals surface area (Å²) in [5.74, 6) is 0.571. The summed E-state index contributed by atoms with van der Waals surface area (Å²) < 4.78 is 22.3. The van der Waals surface area contributed by atoms with Gasteiger partial charge < -0.3 is 11.1 Å². The fourth-order valence-electron chi connectivity index (χ4n) is 1.52. The Labute approximate surface area is 79.8 Å². The van der Waals surface area contributed by atoms with Gasteiger partial charge in [-0.15, -0.1) is 0 Å². The van der Waals surface area contributed by atoms with E-state index in [2.05, 4.69) is 5.32 Å². The number of hydrogen-bond donors (Lipinski definition) is 2. The van der Waals surface area contributed by atoms with Crippen molar-refractivity contribution in [3.63, 3.8) is 0 Å². The van der Waals surface area contributed by atoms with Gasteiger partial charge >= 0.3 is 0 Å². The molecule has 1 aliphatic rings. The molecule has 3 N–H and O–H groups in total. The highest BCUT2D eigenvalue weighted by Crippen LogP contribution is 2.14. The van der Waals surface area contributed by atoms with E-state index in [1.54, 1.807) is 0 Å². The Kier molecular flexibility index (Phi) is 2.99. The van der Waals surface area contributed by atoms with Crippen molar-refractivity contribution in [3.05, 3.63) is 0 Å². The lowest BCUT2D eigenvalue weighted by Crippen LogP contribution is -2.51. The molecule has 1 atom stereocenters. The zero-order valence-electron chi connectivity index (χ0n) is 8.21. The molecule has 0 saturated carbocycles. The van der Waals surface area contributed by atoms with Crippen LogP contribution in [0.25, 0.3) is 0 Å². The molecule has 0 amide bonds. The van der Waals surface area contributed by atoms with E-state index in [1.807, 2.05) is 13.8 Å². The van der Waals surface area contributed by atoms with Crippen molar-refractivity contribution < 1.29 is 8.42 Å². The molecule has 1 fully saturated rings. The van der Waals surface area contributed by atoms with Gasteiger partial charge in [0.25, 0.3) is 0 Å². The second-order valence-electron chi connectivity index (χ2n) is 4.33. The van der Waals surface area contributed by atoms with Crippen molar-refractivity contribution in [2.45, 2.75) is 31.8 Å². The second kappa shape index (κ2) is 3.55. The summed E-state index contributed by atoms with van der Waals surface area (Å²) in [4.78, 5) is 0. The van der Waals surface area contributed by atoms with Crippen molar-refractivity contribution in [1.29, 1.82) is 0 Å². The summed E-state index contributed by atoms with van der Waals surface area (Å²) in [6.07, 6.45) is 0.714. The molecular formula is C8H18N2O2S. The van der Waals surface area contributed by atoms with E-state index in [0.717, 1.165) is 0 Å². The summed E-state index contributed by atoms with van der Waals surface area (Å²) in [5.41, 5.74) is 5.38. The summed E-state index contributed by atoms with van der Waals surface area (Å²) >= 11 is 0. The van der Waals surface area contributed by atoms with Crippen molar-refractivity contribution in [1.82, 2.24) is 5.32 Å². The zero-order chi connectivity index (χ0) is 10.1. The van der Waals surface area contributed by atoms with E-state index in [4.69, 9.17) is 5.73 Å². The molecule has 1 saturated heterocycles. The quantitative estimate of drug-likeness (QED) is 0.653. The van der Waals surface area contributed by atoms with Crippen molar-refractivity contribution in [2.75, 3.05) is 18.1 Å². The van der Waals surface area contributed by atoms with E-state index in [-0.39, 0.29) is 17.3 Å². The molecule has 0 aromatic carbocycles. The molecule has 0 aliphatic carbocycles. The Balaban J connectivity index is 2.50. The largest absolute Gasteiger partial charge is 0.329 e. The number of nitrogens with one attached hydrogen (secondary N) is 1. The van der Waals surface area contributed by atoms with Crippen LogP contribution >= 0.6 is 0 Å². The van der Waals surface area contributed by atoms with Gasteiger partial charge in [0.2, 0.25) is 0 Å². The normalized spacial score (nSPS) is 27.8. The lowest BCUT2D eigenvalue weighted by molar-refractivity contribution is 0.355. The Hall–Kier alpha value is -0.130. The Bertz CT molecular complexity index is 272. The first-order valence-corrected chi connectivity index (χ1v) is 6.35. The fourth-order valence-corrected chi connectivity index (χ4v) is 3.19. The number of rotatable bonds is 3. The van der Waals surface area contributed by atoms with Gasteiger partial charge in [-0.05, 0) is 20.3 Å². The minimum atomic E-state index is -2.78. The van der Waals surface area contributed by atoms with Gasteiger partial charge in [0, 0.05) is 18.1 Å². The molecule has 1 rings (SSSR count). The van der Waals surface area contributed by atoms with Gasteiger partial charge in [0.05, 0.1) is 11.5 Å². The molecule has 0 aromatic heterocycles. The number of nitrogens with two attached hydrogens (primary N) is 1. The van der Waals surface area contributed by atoms with Gasteiger partial charge in [-0.1, -0.05) is 0 Å². The minimum Gasteiger partial charge on any atom is -0.329 e. The van der Waals surface area contributed by atoms with E-state index in [9.17, 15) is 8.42 Å². The lowest BCUT2D eigenvalue weighted by atomic mass is 10.0. The van der Waals surface area contributed by atoms with Gasteiger partial charge in [-0.2, -0.15) is 0 Å². The van der Waals surface area contributed by atoms with E-state index >= 15 is 0 Å². The van der Waals surface area contributed by atoms with Crippen LogP contribution in [0.1, 0.15) is 20.3 Å². The average molecular weight is 206 g/mol. The maximum Gasteiger partial charge on any atom is 0.151 e. The van der Waals surface area contributed by atoms with Gasteiger partial charge in [0.15, 0.2) is 9.84 Å². The van der Waals surface area contributed by atoms with Gasteiger partial charge in [-0.25, -0.2) is 8.42 Å². The molecule has 1 aliphatic heterocycles. The molecular weight excluding hydrogens is 188 g/mol.